The molecule has 1 aliphatic carbocycles. The molecule has 0 atom stereocenters. The van der Waals surface area contributed by atoms with Crippen LogP contribution in [0.3, 0.4) is 0 Å². The SMILES string of the molecule is Cn1c(N)c(C(=O)CSc2nnc(-c3ccncc3)n2C2CC2)c(=O)[nH]c1=O. The van der Waals surface area contributed by atoms with Gasteiger partial charge in [0.15, 0.2) is 16.8 Å². The monoisotopic (exact) mass is 399 g/mol. The molecule has 0 amide bonds. The third-order valence-electron chi connectivity index (χ3n) is 4.50. The summed E-state index contributed by atoms with van der Waals surface area (Å²) in [6.07, 6.45) is 5.41. The third kappa shape index (κ3) is 3.24. The van der Waals surface area contributed by atoms with Crippen LogP contribution in [-0.4, -0.2) is 40.8 Å². The Balaban J connectivity index is 1.61. The van der Waals surface area contributed by atoms with Crippen molar-refractivity contribution in [1.82, 2.24) is 29.3 Å². The van der Waals surface area contributed by atoms with E-state index in [9.17, 15) is 14.4 Å². The van der Waals surface area contributed by atoms with Gasteiger partial charge in [-0.1, -0.05) is 11.8 Å². The van der Waals surface area contributed by atoms with Crippen molar-refractivity contribution in [2.24, 2.45) is 7.05 Å². The van der Waals surface area contributed by atoms with Crippen LogP contribution in [-0.2, 0) is 7.05 Å². The number of nitrogens with one attached hydrogen (secondary N) is 1. The lowest BCUT2D eigenvalue weighted by molar-refractivity contribution is 0.102. The molecule has 28 heavy (non-hydrogen) atoms. The van der Waals surface area contributed by atoms with E-state index in [2.05, 4.69) is 20.2 Å². The van der Waals surface area contributed by atoms with Crippen LogP contribution >= 0.6 is 11.8 Å². The average molecular weight is 399 g/mol. The van der Waals surface area contributed by atoms with Gasteiger partial charge in [-0.05, 0) is 25.0 Å². The summed E-state index contributed by atoms with van der Waals surface area (Å²) in [6, 6.07) is 4.00. The van der Waals surface area contributed by atoms with Crippen LogP contribution in [0.15, 0.2) is 39.3 Å². The predicted octanol–water partition coefficient (Wildman–Crippen LogP) is 0.619. The summed E-state index contributed by atoms with van der Waals surface area (Å²) >= 11 is 1.19. The number of carbonyl (C=O) groups is 1. The van der Waals surface area contributed by atoms with E-state index in [1.165, 1.54) is 18.8 Å². The zero-order valence-corrected chi connectivity index (χ0v) is 15.8. The number of aromatic amines is 1. The molecule has 1 aliphatic rings. The molecule has 10 nitrogen and oxygen atoms in total. The minimum Gasteiger partial charge on any atom is -0.384 e. The smallest absolute Gasteiger partial charge is 0.329 e. The second-order valence-corrected chi connectivity index (χ2v) is 7.38. The van der Waals surface area contributed by atoms with Gasteiger partial charge in [0.25, 0.3) is 5.56 Å². The lowest BCUT2D eigenvalue weighted by Crippen LogP contribution is -2.35. The van der Waals surface area contributed by atoms with Gasteiger partial charge in [0.2, 0.25) is 0 Å². The summed E-state index contributed by atoms with van der Waals surface area (Å²) in [4.78, 5) is 42.3. The van der Waals surface area contributed by atoms with Crippen LogP contribution in [0.1, 0.15) is 29.2 Å². The summed E-state index contributed by atoms with van der Waals surface area (Å²) < 4.78 is 3.05. The Morgan fingerprint density at radius 1 is 1.29 bits per heavy atom. The molecular weight excluding hydrogens is 382 g/mol. The van der Waals surface area contributed by atoms with Crippen molar-refractivity contribution < 1.29 is 4.79 Å². The second kappa shape index (κ2) is 7.08. The predicted molar refractivity (Wildman–Crippen MR) is 103 cm³/mol. The summed E-state index contributed by atoms with van der Waals surface area (Å²) in [7, 11) is 1.39. The first-order valence-electron chi connectivity index (χ1n) is 8.57. The van der Waals surface area contributed by atoms with E-state index >= 15 is 0 Å². The first-order valence-corrected chi connectivity index (χ1v) is 9.56. The Morgan fingerprint density at radius 3 is 2.68 bits per heavy atom. The summed E-state index contributed by atoms with van der Waals surface area (Å²) in [5, 5.41) is 9.10. The molecule has 1 saturated carbocycles. The van der Waals surface area contributed by atoms with E-state index in [4.69, 9.17) is 5.73 Å². The van der Waals surface area contributed by atoms with Gasteiger partial charge in [-0.25, -0.2) is 4.79 Å². The quantitative estimate of drug-likeness (QED) is 0.454. The molecule has 0 aromatic carbocycles. The Labute approximate surface area is 162 Å². The van der Waals surface area contributed by atoms with Gasteiger partial charge < -0.3 is 5.73 Å². The normalized spacial score (nSPS) is 13.6. The summed E-state index contributed by atoms with van der Waals surface area (Å²) in [5.41, 5.74) is 5.02. The maximum atomic E-state index is 12.6. The zero-order valence-electron chi connectivity index (χ0n) is 15.0. The van der Waals surface area contributed by atoms with Crippen molar-refractivity contribution in [3.63, 3.8) is 0 Å². The number of rotatable bonds is 6. The van der Waals surface area contributed by atoms with E-state index < -0.39 is 17.0 Å². The number of thioether (sulfide) groups is 1. The number of H-pyrrole nitrogens is 1. The number of aromatic nitrogens is 6. The highest BCUT2D eigenvalue weighted by Crippen LogP contribution is 2.41. The maximum absolute atomic E-state index is 12.6. The van der Waals surface area contributed by atoms with Crippen molar-refractivity contribution in [3.05, 3.63) is 50.9 Å². The van der Waals surface area contributed by atoms with Gasteiger partial charge in [-0.2, -0.15) is 0 Å². The topological polar surface area (TPSA) is 142 Å². The van der Waals surface area contributed by atoms with Crippen LogP contribution < -0.4 is 17.0 Å². The van der Waals surface area contributed by atoms with Gasteiger partial charge in [0.05, 0.1) is 5.75 Å². The fourth-order valence-electron chi connectivity index (χ4n) is 2.84. The van der Waals surface area contributed by atoms with Gasteiger partial charge in [-0.15, -0.1) is 10.2 Å². The molecule has 0 saturated heterocycles. The molecule has 0 bridgehead atoms. The third-order valence-corrected chi connectivity index (χ3v) is 5.44. The van der Waals surface area contributed by atoms with Crippen LogP contribution in [0, 0.1) is 0 Å². The number of Topliss-reactive ketones (excluding diaryl/α,β-unsaturated/α-hetero) is 1. The van der Waals surface area contributed by atoms with Gasteiger partial charge in [0, 0.05) is 31.0 Å². The van der Waals surface area contributed by atoms with Crippen LogP contribution in [0.5, 0.6) is 0 Å². The maximum Gasteiger partial charge on any atom is 0.329 e. The lowest BCUT2D eigenvalue weighted by atomic mass is 10.2. The number of carbonyl (C=O) groups excluding carboxylic acids is 1. The molecule has 0 radical (unpaired) electrons. The molecule has 1 fully saturated rings. The number of anilines is 1. The molecule has 3 N–H and O–H groups in total. The summed E-state index contributed by atoms with van der Waals surface area (Å²) in [5.74, 6) is 0.0436. The highest BCUT2D eigenvalue weighted by atomic mass is 32.2. The number of nitrogens with zero attached hydrogens (tertiary/aromatic N) is 5. The molecule has 3 aromatic heterocycles. The zero-order chi connectivity index (χ0) is 19.8. The molecular formula is C17H17N7O3S. The molecule has 3 aromatic rings. The number of hydrogen-bond donors (Lipinski definition) is 2. The van der Waals surface area contributed by atoms with Crippen LogP contribution in [0.2, 0.25) is 0 Å². The minimum atomic E-state index is -0.785. The molecule has 144 valence electrons. The largest absolute Gasteiger partial charge is 0.384 e. The lowest BCUT2D eigenvalue weighted by Gasteiger charge is -2.09. The van der Waals surface area contributed by atoms with E-state index in [1.807, 2.05) is 16.7 Å². The number of ketones is 1. The fraction of sp³-hybridized carbons (Fsp3) is 0.294. The fourth-order valence-corrected chi connectivity index (χ4v) is 3.72. The molecule has 0 aliphatic heterocycles. The van der Waals surface area contributed by atoms with Crippen molar-refractivity contribution in [3.8, 4) is 11.4 Å². The first-order chi connectivity index (χ1) is 13.5. The first kappa shape index (κ1) is 18.2. The van der Waals surface area contributed by atoms with Gasteiger partial charge in [-0.3, -0.25) is 28.7 Å². The second-order valence-electron chi connectivity index (χ2n) is 6.43. The Hall–Kier alpha value is -3.21. The van der Waals surface area contributed by atoms with E-state index in [0.29, 0.717) is 11.2 Å². The van der Waals surface area contributed by atoms with E-state index in [1.54, 1.807) is 12.4 Å². The molecule has 0 unspecified atom stereocenters. The number of hydrogen-bond acceptors (Lipinski definition) is 8. The van der Waals surface area contributed by atoms with E-state index in [-0.39, 0.29) is 17.1 Å². The highest BCUT2D eigenvalue weighted by Gasteiger charge is 2.30. The number of pyridine rings is 1. The molecule has 11 heteroatoms. The standard InChI is InChI=1S/C17H17N7O3S/c1-23-13(18)12(15(26)20-16(23)27)11(25)8-28-17-22-21-14(24(17)10-2-3-10)9-4-6-19-7-5-9/h4-7,10H,2-3,8,18H2,1H3,(H,20,26,27). The van der Waals surface area contributed by atoms with Crippen molar-refractivity contribution in [1.29, 1.82) is 0 Å². The summed E-state index contributed by atoms with van der Waals surface area (Å²) in [6.45, 7) is 0. The highest BCUT2D eigenvalue weighted by molar-refractivity contribution is 7.99. The Kier molecular flexibility index (Phi) is 4.59. The molecule has 4 rings (SSSR count). The van der Waals surface area contributed by atoms with Gasteiger partial charge in [0.1, 0.15) is 11.4 Å². The number of nitrogen functional groups attached to an aromatic ring is 1. The minimum absolute atomic E-state index is 0.0489. The average Bonchev–Trinajstić information content (AvgIpc) is 3.44. The van der Waals surface area contributed by atoms with Gasteiger partial charge >= 0.3 is 5.69 Å². The van der Waals surface area contributed by atoms with Crippen LogP contribution in [0.4, 0.5) is 5.82 Å². The molecule has 3 heterocycles. The van der Waals surface area contributed by atoms with Crippen LogP contribution in [0.25, 0.3) is 11.4 Å². The van der Waals surface area contributed by atoms with Crippen molar-refractivity contribution >= 4 is 23.4 Å². The Morgan fingerprint density at radius 2 is 2.00 bits per heavy atom. The Bertz CT molecular complexity index is 1160. The molecule has 0 spiro atoms. The number of nitrogens with two attached hydrogens (primary N) is 1. The van der Waals surface area contributed by atoms with Crippen molar-refractivity contribution in [2.45, 2.75) is 24.0 Å². The van der Waals surface area contributed by atoms with E-state index in [0.717, 1.165) is 28.8 Å². The van der Waals surface area contributed by atoms with Crippen molar-refractivity contribution in [2.75, 3.05) is 11.5 Å².